The van der Waals surface area contributed by atoms with Crippen LogP contribution in [0.5, 0.6) is 0 Å². The van der Waals surface area contributed by atoms with Gasteiger partial charge in [0.1, 0.15) is 0 Å². The molecule has 6 nitrogen and oxygen atoms in total. The van der Waals surface area contributed by atoms with Crippen LogP contribution in [-0.4, -0.2) is 26.0 Å². The number of anilines is 1. The summed E-state index contributed by atoms with van der Waals surface area (Å²) in [5, 5.41) is 8.57. The molecule has 0 aromatic heterocycles. The zero-order valence-electron chi connectivity index (χ0n) is 9.30. The molecule has 0 aliphatic carbocycles. The number of carbonyl (C=O) groups is 1. The third kappa shape index (κ3) is 4.83. The summed E-state index contributed by atoms with van der Waals surface area (Å²) in [6, 6.07) is 6.18. The number of carboxylic acids is 1. The van der Waals surface area contributed by atoms with Crippen LogP contribution in [0.3, 0.4) is 0 Å². The molecule has 0 fully saturated rings. The topological polar surface area (TPSA) is 95.5 Å². The van der Waals surface area contributed by atoms with Gasteiger partial charge in [0.25, 0.3) is 10.2 Å². The van der Waals surface area contributed by atoms with E-state index in [-0.39, 0.29) is 6.42 Å². The van der Waals surface area contributed by atoms with Crippen molar-refractivity contribution in [3.63, 3.8) is 0 Å². The zero-order chi connectivity index (χ0) is 12.9. The van der Waals surface area contributed by atoms with Crippen molar-refractivity contribution in [3.8, 4) is 0 Å². The summed E-state index contributed by atoms with van der Waals surface area (Å²) in [4.78, 5) is 10.4. The maximum absolute atomic E-state index is 11.3. The fourth-order valence-corrected chi connectivity index (χ4v) is 2.15. The molecule has 3 N–H and O–H groups in total. The van der Waals surface area contributed by atoms with Crippen LogP contribution in [0.15, 0.2) is 24.3 Å². The Hall–Kier alpha value is -1.60. The van der Waals surface area contributed by atoms with Crippen molar-refractivity contribution >= 4 is 21.9 Å². The Morgan fingerprint density at radius 1 is 1.29 bits per heavy atom. The SMILES string of the molecule is CCNS(=O)(=O)Nc1ccc(CC(=O)O)cc1. The van der Waals surface area contributed by atoms with Crippen molar-refractivity contribution in [1.82, 2.24) is 4.72 Å². The number of hydrogen-bond acceptors (Lipinski definition) is 3. The number of rotatable bonds is 6. The predicted molar refractivity (Wildman–Crippen MR) is 64.0 cm³/mol. The molecule has 0 unspecified atom stereocenters. The van der Waals surface area contributed by atoms with Crippen LogP contribution in [-0.2, 0) is 21.4 Å². The second-order valence-corrected chi connectivity index (χ2v) is 4.87. The molecule has 0 radical (unpaired) electrons. The Morgan fingerprint density at radius 3 is 2.35 bits per heavy atom. The van der Waals surface area contributed by atoms with E-state index >= 15 is 0 Å². The molecule has 0 amide bonds. The molecular weight excluding hydrogens is 244 g/mol. The highest BCUT2D eigenvalue weighted by atomic mass is 32.2. The molecule has 7 heteroatoms. The van der Waals surface area contributed by atoms with Gasteiger partial charge in [-0.3, -0.25) is 9.52 Å². The Morgan fingerprint density at radius 2 is 1.88 bits per heavy atom. The third-order valence-corrected chi connectivity index (χ3v) is 3.07. The molecule has 0 aliphatic rings. The summed E-state index contributed by atoms with van der Waals surface area (Å²) < 4.78 is 27.3. The fourth-order valence-electron chi connectivity index (χ4n) is 1.25. The minimum Gasteiger partial charge on any atom is -0.481 e. The molecule has 1 aromatic carbocycles. The van der Waals surface area contributed by atoms with Gasteiger partial charge >= 0.3 is 5.97 Å². The normalized spacial score (nSPS) is 11.1. The number of hydrogen-bond donors (Lipinski definition) is 3. The van der Waals surface area contributed by atoms with Gasteiger partial charge in [-0.25, -0.2) is 0 Å². The monoisotopic (exact) mass is 258 g/mol. The maximum atomic E-state index is 11.3. The first-order valence-corrected chi connectivity index (χ1v) is 6.49. The zero-order valence-corrected chi connectivity index (χ0v) is 10.1. The van der Waals surface area contributed by atoms with Gasteiger partial charge in [0.2, 0.25) is 0 Å². The quantitative estimate of drug-likeness (QED) is 0.695. The van der Waals surface area contributed by atoms with E-state index in [4.69, 9.17) is 5.11 Å². The van der Waals surface area contributed by atoms with Crippen molar-refractivity contribution in [2.75, 3.05) is 11.3 Å². The first-order valence-electron chi connectivity index (χ1n) is 5.01. The molecule has 0 spiro atoms. The average molecular weight is 258 g/mol. The second-order valence-electron chi connectivity index (χ2n) is 3.37. The number of carboxylic acid groups (broad SMARTS) is 1. The first kappa shape index (κ1) is 13.5. The minimum absolute atomic E-state index is 0.0831. The lowest BCUT2D eigenvalue weighted by atomic mass is 10.1. The summed E-state index contributed by atoms with van der Waals surface area (Å²) in [7, 11) is -3.54. The van der Waals surface area contributed by atoms with E-state index < -0.39 is 16.2 Å². The fraction of sp³-hybridized carbons (Fsp3) is 0.300. The Labute approximate surface area is 99.8 Å². The highest BCUT2D eigenvalue weighted by Crippen LogP contribution is 2.11. The highest BCUT2D eigenvalue weighted by molar-refractivity contribution is 7.90. The molecule has 0 saturated carbocycles. The van der Waals surface area contributed by atoms with E-state index in [1.807, 2.05) is 0 Å². The average Bonchev–Trinajstić information content (AvgIpc) is 2.19. The summed E-state index contributed by atoms with van der Waals surface area (Å²) in [6.07, 6.45) is -0.0831. The molecule has 0 saturated heterocycles. The van der Waals surface area contributed by atoms with Crippen molar-refractivity contribution in [2.24, 2.45) is 0 Å². The summed E-state index contributed by atoms with van der Waals surface area (Å²) >= 11 is 0. The molecule has 17 heavy (non-hydrogen) atoms. The van der Waals surface area contributed by atoms with Crippen molar-refractivity contribution in [2.45, 2.75) is 13.3 Å². The Balaban J connectivity index is 2.72. The summed E-state index contributed by atoms with van der Waals surface area (Å²) in [5.41, 5.74) is 1.00. The lowest BCUT2D eigenvalue weighted by Gasteiger charge is -2.08. The van der Waals surface area contributed by atoms with Crippen LogP contribution in [0.1, 0.15) is 12.5 Å². The van der Waals surface area contributed by atoms with Crippen LogP contribution < -0.4 is 9.44 Å². The van der Waals surface area contributed by atoms with Gasteiger partial charge in [-0.1, -0.05) is 19.1 Å². The lowest BCUT2D eigenvalue weighted by molar-refractivity contribution is -0.136. The van der Waals surface area contributed by atoms with E-state index in [9.17, 15) is 13.2 Å². The Bertz CT molecular complexity index is 482. The molecule has 0 aliphatic heterocycles. The van der Waals surface area contributed by atoms with Crippen LogP contribution in [0, 0.1) is 0 Å². The molecule has 0 atom stereocenters. The summed E-state index contributed by atoms with van der Waals surface area (Å²) in [6.45, 7) is 1.97. The van der Waals surface area contributed by atoms with E-state index in [1.54, 1.807) is 19.1 Å². The third-order valence-electron chi connectivity index (χ3n) is 1.90. The van der Waals surface area contributed by atoms with Crippen molar-refractivity contribution in [3.05, 3.63) is 29.8 Å². The van der Waals surface area contributed by atoms with Crippen molar-refractivity contribution in [1.29, 1.82) is 0 Å². The molecule has 0 bridgehead atoms. The van der Waals surface area contributed by atoms with Gasteiger partial charge < -0.3 is 5.11 Å². The molecule has 1 rings (SSSR count). The molecular formula is C10H14N2O4S. The molecule has 0 heterocycles. The van der Waals surface area contributed by atoms with Gasteiger partial charge in [0.15, 0.2) is 0 Å². The van der Waals surface area contributed by atoms with E-state index in [2.05, 4.69) is 9.44 Å². The highest BCUT2D eigenvalue weighted by Gasteiger charge is 2.07. The van der Waals surface area contributed by atoms with Crippen LogP contribution in [0.2, 0.25) is 0 Å². The Kier molecular flexibility index (Phi) is 4.47. The van der Waals surface area contributed by atoms with E-state index in [0.29, 0.717) is 17.8 Å². The van der Waals surface area contributed by atoms with Crippen LogP contribution in [0.25, 0.3) is 0 Å². The van der Waals surface area contributed by atoms with Crippen LogP contribution in [0.4, 0.5) is 5.69 Å². The van der Waals surface area contributed by atoms with E-state index in [0.717, 1.165) is 0 Å². The second kappa shape index (κ2) is 5.65. The van der Waals surface area contributed by atoms with Crippen molar-refractivity contribution < 1.29 is 18.3 Å². The van der Waals surface area contributed by atoms with Gasteiger partial charge in [-0.15, -0.1) is 0 Å². The van der Waals surface area contributed by atoms with Gasteiger partial charge in [0, 0.05) is 12.2 Å². The number of aliphatic carboxylic acids is 1. The maximum Gasteiger partial charge on any atom is 0.307 e. The van der Waals surface area contributed by atoms with Gasteiger partial charge in [-0.2, -0.15) is 13.1 Å². The first-order chi connectivity index (χ1) is 7.93. The smallest absolute Gasteiger partial charge is 0.307 e. The number of benzene rings is 1. The summed E-state index contributed by atoms with van der Waals surface area (Å²) in [5.74, 6) is -0.925. The molecule has 94 valence electrons. The lowest BCUT2D eigenvalue weighted by Crippen LogP contribution is -2.29. The number of nitrogens with one attached hydrogen (secondary N) is 2. The van der Waals surface area contributed by atoms with Gasteiger partial charge in [-0.05, 0) is 17.7 Å². The molecule has 1 aromatic rings. The standard InChI is InChI=1S/C10H14N2O4S/c1-2-11-17(15,16)12-9-5-3-8(4-6-9)7-10(13)14/h3-6,11-12H,2,7H2,1H3,(H,13,14). The van der Waals surface area contributed by atoms with Gasteiger partial charge in [0.05, 0.1) is 6.42 Å². The van der Waals surface area contributed by atoms with E-state index in [1.165, 1.54) is 12.1 Å². The van der Waals surface area contributed by atoms with Crippen LogP contribution >= 0.6 is 0 Å². The predicted octanol–water partition coefficient (Wildman–Crippen LogP) is 0.580. The largest absolute Gasteiger partial charge is 0.481 e. The minimum atomic E-state index is -3.54.